The minimum absolute atomic E-state index is 0. The van der Waals surface area contributed by atoms with Crippen molar-refractivity contribution >= 4 is 18.4 Å². The normalized spacial score (nSPS) is 27.3. The third-order valence-electron chi connectivity index (χ3n) is 3.86. The van der Waals surface area contributed by atoms with Crippen molar-refractivity contribution < 1.29 is 14.3 Å². The van der Waals surface area contributed by atoms with Gasteiger partial charge in [0.25, 0.3) is 0 Å². The van der Waals surface area contributed by atoms with Crippen molar-refractivity contribution in [2.45, 2.75) is 24.4 Å². The van der Waals surface area contributed by atoms with Crippen LogP contribution < -0.4 is 10.1 Å². The number of halogens is 1. The lowest BCUT2D eigenvalue weighted by Gasteiger charge is -2.25. The third kappa shape index (κ3) is 1.60. The summed E-state index contributed by atoms with van der Waals surface area (Å²) in [5.74, 6) is 0.963. The predicted octanol–water partition coefficient (Wildman–Crippen LogP) is 1.62. The number of rotatable bonds is 2. The monoisotopic (exact) mass is 269 g/mol. The van der Waals surface area contributed by atoms with Crippen LogP contribution in [0.2, 0.25) is 0 Å². The average molecular weight is 270 g/mol. The van der Waals surface area contributed by atoms with E-state index in [-0.39, 0.29) is 24.3 Å². The Hall–Kier alpha value is -1.26. The van der Waals surface area contributed by atoms with Gasteiger partial charge in [0.05, 0.1) is 14.2 Å². The lowest BCUT2D eigenvalue weighted by atomic mass is 9.95. The fourth-order valence-electron chi connectivity index (χ4n) is 2.85. The molecule has 0 aromatic heterocycles. The molecule has 2 aliphatic rings. The number of esters is 1. The van der Waals surface area contributed by atoms with Gasteiger partial charge in [0.2, 0.25) is 0 Å². The van der Waals surface area contributed by atoms with E-state index in [0.717, 1.165) is 17.7 Å². The van der Waals surface area contributed by atoms with Gasteiger partial charge in [-0.05, 0) is 18.1 Å². The van der Waals surface area contributed by atoms with Gasteiger partial charge in [-0.1, -0.05) is 12.1 Å². The lowest BCUT2D eigenvalue weighted by molar-refractivity contribution is -0.144. The molecule has 1 fully saturated rings. The molecule has 0 saturated heterocycles. The Morgan fingerprint density at radius 1 is 1.44 bits per heavy atom. The van der Waals surface area contributed by atoms with Crippen LogP contribution in [0.25, 0.3) is 0 Å². The largest absolute Gasteiger partial charge is 0.496 e. The van der Waals surface area contributed by atoms with E-state index in [9.17, 15) is 4.79 Å². The van der Waals surface area contributed by atoms with Crippen LogP contribution in [-0.2, 0) is 16.1 Å². The summed E-state index contributed by atoms with van der Waals surface area (Å²) in [7, 11) is 3.11. The molecule has 1 saturated carbocycles. The van der Waals surface area contributed by atoms with E-state index in [1.165, 1.54) is 12.7 Å². The van der Waals surface area contributed by atoms with Crippen molar-refractivity contribution in [3.8, 4) is 5.75 Å². The summed E-state index contributed by atoms with van der Waals surface area (Å²) in [6, 6.07) is 6.01. The zero-order valence-corrected chi connectivity index (χ0v) is 11.2. The highest BCUT2D eigenvalue weighted by Crippen LogP contribution is 2.56. The van der Waals surface area contributed by atoms with Crippen molar-refractivity contribution in [1.29, 1.82) is 0 Å². The quantitative estimate of drug-likeness (QED) is 0.829. The first-order valence-corrected chi connectivity index (χ1v) is 5.72. The number of carbonyl (C=O) groups excluding carboxylic acids is 1. The van der Waals surface area contributed by atoms with Gasteiger partial charge in [0.1, 0.15) is 11.3 Å². The predicted molar refractivity (Wildman–Crippen MR) is 69.2 cm³/mol. The summed E-state index contributed by atoms with van der Waals surface area (Å²) in [6.07, 6.45) is 0.819. The number of benzene rings is 1. The highest BCUT2D eigenvalue weighted by atomic mass is 35.5. The fraction of sp³-hybridized carbons (Fsp3) is 0.462. The zero-order valence-electron chi connectivity index (χ0n) is 10.4. The van der Waals surface area contributed by atoms with Gasteiger partial charge in [-0.15, -0.1) is 12.4 Å². The SMILES string of the molecule is COC(=O)C12CC1c1cccc(OC)c1CN2.Cl. The molecular weight excluding hydrogens is 254 g/mol. The summed E-state index contributed by atoms with van der Waals surface area (Å²) in [5.41, 5.74) is 1.90. The number of hydrogen-bond acceptors (Lipinski definition) is 4. The second kappa shape index (κ2) is 4.44. The van der Waals surface area contributed by atoms with E-state index < -0.39 is 5.54 Å². The summed E-state index contributed by atoms with van der Waals surface area (Å²) < 4.78 is 10.2. The van der Waals surface area contributed by atoms with Crippen LogP contribution in [0.3, 0.4) is 0 Å². The molecule has 3 rings (SSSR count). The second-order valence-electron chi connectivity index (χ2n) is 4.60. The molecule has 1 heterocycles. The molecule has 1 aromatic carbocycles. The Morgan fingerprint density at radius 3 is 2.89 bits per heavy atom. The molecule has 4 nitrogen and oxygen atoms in total. The molecule has 1 aliphatic carbocycles. The smallest absolute Gasteiger partial charge is 0.326 e. The standard InChI is InChI=1S/C13H15NO3.ClH/c1-16-11-5-3-4-8-9(11)7-14-13(6-10(8)13)12(15)17-2;/h3-5,10,14H,6-7H2,1-2H3;1H. The molecule has 1 aliphatic heterocycles. The van der Waals surface area contributed by atoms with Crippen LogP contribution in [-0.4, -0.2) is 25.7 Å². The van der Waals surface area contributed by atoms with Gasteiger partial charge in [-0.25, -0.2) is 0 Å². The maximum Gasteiger partial charge on any atom is 0.326 e. The molecule has 98 valence electrons. The van der Waals surface area contributed by atoms with E-state index in [4.69, 9.17) is 9.47 Å². The van der Waals surface area contributed by atoms with Gasteiger partial charge < -0.3 is 9.47 Å². The summed E-state index contributed by atoms with van der Waals surface area (Å²) in [6.45, 7) is 0.658. The van der Waals surface area contributed by atoms with Crippen molar-refractivity contribution in [3.63, 3.8) is 0 Å². The van der Waals surface area contributed by atoms with Crippen molar-refractivity contribution in [1.82, 2.24) is 5.32 Å². The molecule has 1 N–H and O–H groups in total. The van der Waals surface area contributed by atoms with Crippen LogP contribution in [0.5, 0.6) is 5.75 Å². The van der Waals surface area contributed by atoms with E-state index in [2.05, 4.69) is 11.4 Å². The molecule has 1 aromatic rings. The molecule has 18 heavy (non-hydrogen) atoms. The maximum absolute atomic E-state index is 11.8. The Kier molecular flexibility index (Phi) is 3.25. The van der Waals surface area contributed by atoms with Gasteiger partial charge in [-0.2, -0.15) is 0 Å². The highest BCUT2D eigenvalue weighted by molar-refractivity contribution is 5.88. The van der Waals surface area contributed by atoms with Crippen molar-refractivity contribution in [3.05, 3.63) is 29.3 Å². The molecule has 5 heteroatoms. The van der Waals surface area contributed by atoms with Crippen LogP contribution in [0.15, 0.2) is 18.2 Å². The zero-order chi connectivity index (χ0) is 12.0. The van der Waals surface area contributed by atoms with E-state index >= 15 is 0 Å². The van der Waals surface area contributed by atoms with E-state index in [1.807, 2.05) is 12.1 Å². The minimum Gasteiger partial charge on any atom is -0.496 e. The van der Waals surface area contributed by atoms with E-state index in [1.54, 1.807) is 7.11 Å². The number of hydrogen-bond donors (Lipinski definition) is 1. The van der Waals surface area contributed by atoms with Crippen LogP contribution in [0.4, 0.5) is 0 Å². The average Bonchev–Trinajstić information content (AvgIpc) is 3.13. The summed E-state index contributed by atoms with van der Waals surface area (Å²) in [4.78, 5) is 11.8. The number of carbonyl (C=O) groups is 1. The van der Waals surface area contributed by atoms with Crippen molar-refractivity contribution in [2.24, 2.45) is 0 Å². The molecule has 0 amide bonds. The topological polar surface area (TPSA) is 47.6 Å². The summed E-state index contributed by atoms with van der Waals surface area (Å²) in [5, 5.41) is 3.30. The fourth-order valence-corrected chi connectivity index (χ4v) is 2.85. The highest BCUT2D eigenvalue weighted by Gasteiger charge is 2.63. The number of nitrogens with one attached hydrogen (secondary N) is 1. The Balaban J connectivity index is 0.00000120. The Labute approximate surface area is 112 Å². The van der Waals surface area contributed by atoms with E-state index in [0.29, 0.717) is 6.54 Å². The van der Waals surface area contributed by atoms with Gasteiger partial charge >= 0.3 is 5.97 Å². The first kappa shape index (κ1) is 13.2. The lowest BCUT2D eigenvalue weighted by Crippen LogP contribution is -2.43. The van der Waals surface area contributed by atoms with Crippen LogP contribution >= 0.6 is 12.4 Å². The second-order valence-corrected chi connectivity index (χ2v) is 4.60. The Bertz CT molecular complexity index is 491. The van der Waals surface area contributed by atoms with Crippen LogP contribution in [0.1, 0.15) is 23.5 Å². The van der Waals surface area contributed by atoms with Gasteiger partial charge in [0, 0.05) is 18.0 Å². The minimum atomic E-state index is -0.478. The molecule has 0 bridgehead atoms. The first-order chi connectivity index (χ1) is 8.23. The maximum atomic E-state index is 11.8. The first-order valence-electron chi connectivity index (χ1n) is 5.72. The molecule has 0 radical (unpaired) electrons. The third-order valence-corrected chi connectivity index (χ3v) is 3.86. The van der Waals surface area contributed by atoms with Crippen LogP contribution in [0, 0.1) is 0 Å². The van der Waals surface area contributed by atoms with Crippen molar-refractivity contribution in [2.75, 3.05) is 14.2 Å². The molecular formula is C13H16ClNO3. The van der Waals surface area contributed by atoms with Gasteiger partial charge in [-0.3, -0.25) is 10.1 Å². The number of methoxy groups -OCH3 is 2. The molecule has 0 spiro atoms. The van der Waals surface area contributed by atoms with Gasteiger partial charge in [0.15, 0.2) is 0 Å². The Morgan fingerprint density at radius 2 is 2.22 bits per heavy atom. The molecule has 2 atom stereocenters. The number of ether oxygens (including phenoxy) is 2. The molecule has 2 unspecified atom stereocenters. The summed E-state index contributed by atoms with van der Waals surface area (Å²) >= 11 is 0. The number of fused-ring (bicyclic) bond motifs is 3.